The number of hydrazone groups is 1. The molecule has 3 aromatic rings. The third-order valence-corrected chi connectivity index (χ3v) is 7.14. The van der Waals surface area contributed by atoms with Crippen LogP contribution in [0.1, 0.15) is 21.5 Å². The van der Waals surface area contributed by atoms with Gasteiger partial charge in [-0.1, -0.05) is 41.4 Å². The molecule has 0 heterocycles. The Morgan fingerprint density at radius 2 is 1.69 bits per heavy atom. The highest BCUT2D eigenvalue weighted by atomic mass is 35.5. The molecule has 0 bridgehead atoms. The van der Waals surface area contributed by atoms with E-state index in [9.17, 15) is 18.0 Å². The van der Waals surface area contributed by atoms with Crippen molar-refractivity contribution in [2.45, 2.75) is 11.8 Å². The number of nitrogens with one attached hydrogen (secondary N) is 1. The number of nitrogens with zero attached hydrogens (tertiary/aromatic N) is 2. The molecule has 0 saturated carbocycles. The maximum Gasteiger partial charge on any atom is 0.337 e. The van der Waals surface area contributed by atoms with Crippen molar-refractivity contribution in [2.75, 3.05) is 25.1 Å². The SMILES string of the molecule is COC(=O)c1ccc(/C=N\NC(=O)CN(c2ccc(OC)c(Cl)c2)S(=O)(=O)c2ccc(C)cc2)cc1. The fourth-order valence-electron chi connectivity index (χ4n) is 3.13. The first kappa shape index (κ1) is 26.7. The molecular formula is C25H24ClN3O6S. The number of rotatable bonds is 9. The van der Waals surface area contributed by atoms with Crippen LogP contribution in [0.3, 0.4) is 0 Å². The molecule has 1 amide bonds. The zero-order chi connectivity index (χ0) is 26.3. The smallest absolute Gasteiger partial charge is 0.337 e. The van der Waals surface area contributed by atoms with Crippen molar-refractivity contribution >= 4 is 45.4 Å². The highest BCUT2D eigenvalue weighted by Gasteiger charge is 2.27. The summed E-state index contributed by atoms with van der Waals surface area (Å²) in [5.41, 5.74) is 4.37. The lowest BCUT2D eigenvalue weighted by atomic mass is 10.1. The molecule has 1 N–H and O–H groups in total. The highest BCUT2D eigenvalue weighted by molar-refractivity contribution is 7.92. The van der Waals surface area contributed by atoms with E-state index in [1.807, 2.05) is 6.92 Å². The summed E-state index contributed by atoms with van der Waals surface area (Å²) < 4.78 is 37.6. The number of anilines is 1. The van der Waals surface area contributed by atoms with E-state index in [0.717, 1.165) is 9.87 Å². The number of sulfonamides is 1. The maximum atomic E-state index is 13.4. The minimum atomic E-state index is -4.12. The second-order valence-electron chi connectivity index (χ2n) is 7.55. The van der Waals surface area contributed by atoms with Crippen molar-refractivity contribution in [3.05, 3.63) is 88.4 Å². The second-order valence-corrected chi connectivity index (χ2v) is 9.82. The van der Waals surface area contributed by atoms with E-state index in [2.05, 4.69) is 15.3 Å². The quantitative estimate of drug-likeness (QED) is 0.256. The van der Waals surface area contributed by atoms with Gasteiger partial charge >= 0.3 is 5.97 Å². The van der Waals surface area contributed by atoms with E-state index in [1.165, 1.54) is 50.8 Å². The van der Waals surface area contributed by atoms with Crippen LogP contribution in [0.5, 0.6) is 5.75 Å². The third-order valence-electron chi connectivity index (χ3n) is 5.05. The van der Waals surface area contributed by atoms with Crippen LogP contribution in [0.4, 0.5) is 5.69 Å². The Labute approximate surface area is 214 Å². The van der Waals surface area contributed by atoms with E-state index in [0.29, 0.717) is 16.9 Å². The summed E-state index contributed by atoms with van der Waals surface area (Å²) in [4.78, 5) is 24.2. The number of hydrogen-bond donors (Lipinski definition) is 1. The van der Waals surface area contributed by atoms with Crippen molar-refractivity contribution in [1.82, 2.24) is 5.43 Å². The topological polar surface area (TPSA) is 114 Å². The van der Waals surface area contributed by atoms with Crippen LogP contribution in [0, 0.1) is 6.92 Å². The molecule has 0 aliphatic rings. The number of carbonyl (C=O) groups is 2. The first-order chi connectivity index (χ1) is 17.1. The Morgan fingerprint density at radius 1 is 1.03 bits per heavy atom. The van der Waals surface area contributed by atoms with Crippen molar-refractivity contribution in [3.63, 3.8) is 0 Å². The molecule has 188 valence electrons. The van der Waals surface area contributed by atoms with Gasteiger partial charge in [0.2, 0.25) is 0 Å². The minimum absolute atomic E-state index is 0.0158. The minimum Gasteiger partial charge on any atom is -0.495 e. The fourth-order valence-corrected chi connectivity index (χ4v) is 4.80. The first-order valence-electron chi connectivity index (χ1n) is 10.6. The van der Waals surface area contributed by atoms with Crippen LogP contribution in [0.2, 0.25) is 5.02 Å². The van der Waals surface area contributed by atoms with Gasteiger partial charge in [-0.25, -0.2) is 18.6 Å². The molecule has 0 saturated heterocycles. The van der Waals surface area contributed by atoms with Gasteiger partial charge in [-0.2, -0.15) is 5.10 Å². The molecule has 0 aliphatic carbocycles. The number of ether oxygens (including phenoxy) is 2. The largest absolute Gasteiger partial charge is 0.495 e. The molecule has 0 fully saturated rings. The van der Waals surface area contributed by atoms with Gasteiger partial charge in [-0.15, -0.1) is 0 Å². The molecule has 11 heteroatoms. The van der Waals surface area contributed by atoms with Crippen LogP contribution in [-0.2, 0) is 19.6 Å². The summed E-state index contributed by atoms with van der Waals surface area (Å²) in [7, 11) is -1.39. The van der Waals surface area contributed by atoms with E-state index in [-0.39, 0.29) is 15.6 Å². The number of carbonyl (C=O) groups excluding carboxylic acids is 2. The van der Waals surface area contributed by atoms with Gasteiger partial charge in [0.05, 0.1) is 41.6 Å². The lowest BCUT2D eigenvalue weighted by Gasteiger charge is -2.24. The number of benzene rings is 3. The number of aryl methyl sites for hydroxylation is 1. The summed E-state index contributed by atoms with van der Waals surface area (Å²) in [5.74, 6) is -0.791. The molecule has 36 heavy (non-hydrogen) atoms. The fraction of sp³-hybridized carbons (Fsp3) is 0.160. The molecule has 9 nitrogen and oxygen atoms in total. The number of esters is 1. The average molecular weight is 530 g/mol. The van der Waals surface area contributed by atoms with E-state index in [4.69, 9.17) is 16.3 Å². The van der Waals surface area contributed by atoms with Crippen molar-refractivity contribution < 1.29 is 27.5 Å². The van der Waals surface area contributed by atoms with Crippen LogP contribution < -0.4 is 14.5 Å². The number of halogens is 1. The predicted molar refractivity (Wildman–Crippen MR) is 137 cm³/mol. The van der Waals surface area contributed by atoms with Gasteiger partial charge in [0.25, 0.3) is 15.9 Å². The van der Waals surface area contributed by atoms with Gasteiger partial charge in [-0.05, 0) is 55.0 Å². The molecule has 3 rings (SSSR count). The molecule has 3 aromatic carbocycles. The molecule has 0 aromatic heterocycles. The Kier molecular flexibility index (Phi) is 8.68. The molecule has 0 aliphatic heterocycles. The van der Waals surface area contributed by atoms with E-state index >= 15 is 0 Å². The average Bonchev–Trinajstić information content (AvgIpc) is 2.87. The molecular weight excluding hydrogens is 506 g/mol. The number of methoxy groups -OCH3 is 2. The second kappa shape index (κ2) is 11.7. The first-order valence-corrected chi connectivity index (χ1v) is 12.4. The lowest BCUT2D eigenvalue weighted by molar-refractivity contribution is -0.119. The molecule has 0 spiro atoms. The van der Waals surface area contributed by atoms with Crippen LogP contribution in [0.25, 0.3) is 0 Å². The Morgan fingerprint density at radius 3 is 2.28 bits per heavy atom. The third kappa shape index (κ3) is 6.41. The van der Waals surface area contributed by atoms with Crippen LogP contribution in [-0.4, -0.2) is 47.3 Å². The number of hydrogen-bond acceptors (Lipinski definition) is 7. The summed E-state index contributed by atoms with van der Waals surface area (Å²) in [6.45, 7) is 1.28. The Balaban J connectivity index is 1.82. The van der Waals surface area contributed by atoms with Gasteiger partial charge in [-0.3, -0.25) is 9.10 Å². The van der Waals surface area contributed by atoms with E-state index in [1.54, 1.807) is 36.4 Å². The summed E-state index contributed by atoms with van der Waals surface area (Å²) in [6, 6.07) is 17.0. The van der Waals surface area contributed by atoms with Gasteiger partial charge in [0.15, 0.2) is 0 Å². The summed E-state index contributed by atoms with van der Waals surface area (Å²) in [6.07, 6.45) is 1.36. The lowest BCUT2D eigenvalue weighted by Crippen LogP contribution is -2.39. The van der Waals surface area contributed by atoms with Crippen molar-refractivity contribution in [3.8, 4) is 5.75 Å². The summed E-state index contributed by atoms with van der Waals surface area (Å²) in [5, 5.41) is 4.07. The van der Waals surface area contributed by atoms with Crippen LogP contribution in [0.15, 0.2) is 76.7 Å². The zero-order valence-corrected chi connectivity index (χ0v) is 21.3. The zero-order valence-electron chi connectivity index (χ0n) is 19.8. The van der Waals surface area contributed by atoms with E-state index < -0.39 is 28.4 Å². The molecule has 0 radical (unpaired) electrons. The monoisotopic (exact) mass is 529 g/mol. The van der Waals surface area contributed by atoms with Gasteiger partial charge < -0.3 is 9.47 Å². The van der Waals surface area contributed by atoms with Gasteiger partial charge in [0.1, 0.15) is 12.3 Å². The highest BCUT2D eigenvalue weighted by Crippen LogP contribution is 2.32. The Bertz CT molecular complexity index is 1370. The van der Waals surface area contributed by atoms with Crippen molar-refractivity contribution in [1.29, 1.82) is 0 Å². The normalized spacial score (nSPS) is 11.2. The van der Waals surface area contributed by atoms with Crippen molar-refractivity contribution in [2.24, 2.45) is 5.10 Å². The summed E-state index contributed by atoms with van der Waals surface area (Å²) >= 11 is 6.22. The predicted octanol–water partition coefficient (Wildman–Crippen LogP) is 3.79. The van der Waals surface area contributed by atoms with Gasteiger partial charge in [0, 0.05) is 0 Å². The molecule has 0 atom stereocenters. The van der Waals surface area contributed by atoms with Crippen LogP contribution >= 0.6 is 11.6 Å². The molecule has 0 unspecified atom stereocenters. The standard InChI is InChI=1S/C25H24ClN3O6S/c1-17-4-11-21(12-5-17)36(32,33)29(20-10-13-23(34-2)22(26)14-20)16-24(30)28-27-15-18-6-8-19(9-7-18)25(31)35-3/h4-15H,16H2,1-3H3,(H,28,30)/b27-15-. The number of amides is 1. The Hall–Kier alpha value is -3.89. The maximum absolute atomic E-state index is 13.4.